The van der Waals surface area contributed by atoms with Crippen LogP contribution < -0.4 is 15.4 Å². The number of anilines is 2. The molecule has 0 spiro atoms. The first-order chi connectivity index (χ1) is 13.0. The molecule has 0 saturated carbocycles. The minimum Gasteiger partial charge on any atom is -0.435 e. The fraction of sp³-hybridized carbons (Fsp3) is 0.333. The van der Waals surface area contributed by atoms with E-state index < -0.39 is 6.61 Å². The Morgan fingerprint density at radius 2 is 2.07 bits per heavy atom. The molecule has 1 aromatic carbocycles. The van der Waals surface area contributed by atoms with Crippen molar-refractivity contribution in [3.05, 3.63) is 41.8 Å². The van der Waals surface area contributed by atoms with Crippen molar-refractivity contribution in [3.8, 4) is 5.75 Å². The number of urea groups is 1. The van der Waals surface area contributed by atoms with E-state index in [1.165, 1.54) is 29.5 Å². The smallest absolute Gasteiger partial charge is 0.387 e. The Hall–Kier alpha value is -2.68. The summed E-state index contributed by atoms with van der Waals surface area (Å²) in [6.45, 7) is -2.04. The summed E-state index contributed by atoms with van der Waals surface area (Å²) in [7, 11) is 0. The topological polar surface area (TPSA) is 70.7 Å². The van der Waals surface area contributed by atoms with Crippen LogP contribution in [0, 0.1) is 5.92 Å². The van der Waals surface area contributed by atoms with Gasteiger partial charge in [0.25, 0.3) is 0 Å². The number of nitrogens with one attached hydrogen (secondary N) is 2. The summed E-state index contributed by atoms with van der Waals surface area (Å²) in [4.78, 5) is 26.5. The van der Waals surface area contributed by atoms with E-state index in [1.807, 2.05) is 17.5 Å². The normalized spacial score (nSPS) is 16.9. The Kier molecular flexibility index (Phi) is 6.23. The van der Waals surface area contributed by atoms with Crippen LogP contribution in [-0.4, -0.2) is 36.5 Å². The number of ether oxygens (including phenoxy) is 1. The Bertz CT molecular complexity index is 786. The highest BCUT2D eigenvalue weighted by Gasteiger charge is 2.28. The number of rotatable bonds is 5. The van der Waals surface area contributed by atoms with E-state index in [4.69, 9.17) is 0 Å². The number of alkyl halides is 2. The zero-order chi connectivity index (χ0) is 19.2. The fourth-order valence-electron chi connectivity index (χ4n) is 2.90. The molecule has 6 nitrogen and oxygen atoms in total. The summed E-state index contributed by atoms with van der Waals surface area (Å²) >= 11 is 1.43. The van der Waals surface area contributed by atoms with Gasteiger partial charge in [-0.3, -0.25) is 10.1 Å². The number of carbonyl (C=O) groups excluding carboxylic acids is 2. The summed E-state index contributed by atoms with van der Waals surface area (Å²) in [5.41, 5.74) is 0.373. The maximum Gasteiger partial charge on any atom is 0.387 e. The van der Waals surface area contributed by atoms with E-state index in [0.29, 0.717) is 31.6 Å². The lowest BCUT2D eigenvalue weighted by Gasteiger charge is -2.31. The van der Waals surface area contributed by atoms with E-state index in [1.54, 1.807) is 11.0 Å². The quantitative estimate of drug-likeness (QED) is 0.796. The SMILES string of the molecule is O=C(Nc1cccc(OC(F)F)c1)C1CCCN(C(=O)Nc2cccs2)C1. The van der Waals surface area contributed by atoms with Gasteiger partial charge in [-0.05, 0) is 42.5 Å². The monoisotopic (exact) mass is 395 g/mol. The summed E-state index contributed by atoms with van der Waals surface area (Å²) < 4.78 is 29.0. The average molecular weight is 395 g/mol. The lowest BCUT2D eigenvalue weighted by Crippen LogP contribution is -2.45. The van der Waals surface area contributed by atoms with Gasteiger partial charge in [0.1, 0.15) is 5.75 Å². The van der Waals surface area contributed by atoms with Crippen molar-refractivity contribution >= 4 is 34.0 Å². The molecule has 2 aromatic rings. The molecule has 0 bridgehead atoms. The number of hydrogen-bond acceptors (Lipinski definition) is 4. The second kappa shape index (κ2) is 8.81. The first kappa shape index (κ1) is 19.1. The molecule has 0 radical (unpaired) electrons. The molecule has 144 valence electrons. The van der Waals surface area contributed by atoms with Crippen molar-refractivity contribution in [3.63, 3.8) is 0 Å². The second-order valence-corrected chi connectivity index (χ2v) is 7.04. The molecular weight excluding hydrogens is 376 g/mol. The molecule has 1 atom stereocenters. The largest absolute Gasteiger partial charge is 0.435 e. The van der Waals surface area contributed by atoms with Gasteiger partial charge in [0.2, 0.25) is 5.91 Å². The zero-order valence-corrected chi connectivity index (χ0v) is 15.2. The third-order valence-electron chi connectivity index (χ3n) is 4.16. The molecule has 1 fully saturated rings. The van der Waals surface area contributed by atoms with E-state index >= 15 is 0 Å². The maximum absolute atomic E-state index is 12.5. The first-order valence-corrected chi connectivity index (χ1v) is 9.34. The number of benzene rings is 1. The highest BCUT2D eigenvalue weighted by Crippen LogP contribution is 2.23. The fourth-order valence-corrected chi connectivity index (χ4v) is 3.51. The van der Waals surface area contributed by atoms with Crippen LogP contribution >= 0.6 is 11.3 Å². The minimum atomic E-state index is -2.93. The first-order valence-electron chi connectivity index (χ1n) is 8.46. The van der Waals surface area contributed by atoms with E-state index in [2.05, 4.69) is 15.4 Å². The molecule has 3 rings (SSSR count). The van der Waals surface area contributed by atoms with Gasteiger partial charge in [-0.25, -0.2) is 4.79 Å². The summed E-state index contributed by atoms with van der Waals surface area (Å²) in [5.74, 6) is -0.645. The molecule has 1 saturated heterocycles. The van der Waals surface area contributed by atoms with Gasteiger partial charge < -0.3 is 15.0 Å². The number of likely N-dealkylation sites (tertiary alicyclic amines) is 1. The minimum absolute atomic E-state index is 0.0246. The Labute approximate surface area is 159 Å². The van der Waals surface area contributed by atoms with Crippen LogP contribution in [0.2, 0.25) is 0 Å². The molecule has 27 heavy (non-hydrogen) atoms. The molecule has 2 N–H and O–H groups in total. The maximum atomic E-state index is 12.5. The second-order valence-electron chi connectivity index (χ2n) is 6.09. The number of thiophene rings is 1. The van der Waals surface area contributed by atoms with Gasteiger partial charge in [0, 0.05) is 24.8 Å². The number of hydrogen-bond donors (Lipinski definition) is 2. The summed E-state index contributed by atoms with van der Waals surface area (Å²) in [6, 6.07) is 9.27. The third kappa shape index (κ3) is 5.40. The van der Waals surface area contributed by atoms with Crippen LogP contribution in [0.1, 0.15) is 12.8 Å². The molecule has 3 amide bonds. The Morgan fingerprint density at radius 1 is 1.22 bits per heavy atom. The van der Waals surface area contributed by atoms with Crippen LogP contribution in [0.4, 0.5) is 24.3 Å². The third-order valence-corrected chi connectivity index (χ3v) is 4.94. The lowest BCUT2D eigenvalue weighted by atomic mass is 9.97. The average Bonchev–Trinajstić information content (AvgIpc) is 3.14. The van der Waals surface area contributed by atoms with Gasteiger partial charge in [-0.2, -0.15) is 8.78 Å². The van der Waals surface area contributed by atoms with Crippen LogP contribution in [0.15, 0.2) is 41.8 Å². The number of amides is 3. The van der Waals surface area contributed by atoms with Crippen molar-refractivity contribution in [1.82, 2.24) is 4.90 Å². The van der Waals surface area contributed by atoms with Crippen molar-refractivity contribution in [1.29, 1.82) is 0 Å². The lowest BCUT2D eigenvalue weighted by molar-refractivity contribution is -0.121. The standard InChI is InChI=1S/C18H19F2N3O3S/c19-17(20)26-14-6-1-5-13(10-14)21-16(24)12-4-2-8-23(11-12)18(25)22-15-7-3-9-27-15/h1,3,5-7,9-10,12,17H,2,4,8,11H2,(H,21,24)(H,22,25). The number of halogens is 2. The van der Waals surface area contributed by atoms with Crippen LogP contribution in [0.3, 0.4) is 0 Å². The Balaban J connectivity index is 1.57. The molecule has 1 aromatic heterocycles. The van der Waals surface area contributed by atoms with Crippen molar-refractivity contribution in [2.75, 3.05) is 23.7 Å². The van der Waals surface area contributed by atoms with Gasteiger partial charge in [0.15, 0.2) is 0 Å². The van der Waals surface area contributed by atoms with Crippen molar-refractivity contribution in [2.45, 2.75) is 19.5 Å². The molecule has 2 heterocycles. The number of nitrogens with zero attached hydrogens (tertiary/aromatic N) is 1. The van der Waals surface area contributed by atoms with Crippen LogP contribution in [0.5, 0.6) is 5.75 Å². The highest BCUT2D eigenvalue weighted by atomic mass is 32.1. The van der Waals surface area contributed by atoms with Crippen molar-refractivity contribution in [2.24, 2.45) is 5.92 Å². The van der Waals surface area contributed by atoms with Crippen LogP contribution in [0.25, 0.3) is 0 Å². The Morgan fingerprint density at radius 3 is 2.81 bits per heavy atom. The summed E-state index contributed by atoms with van der Waals surface area (Å²) in [5, 5.41) is 8.14. The molecule has 1 unspecified atom stereocenters. The van der Waals surface area contributed by atoms with Crippen LogP contribution in [-0.2, 0) is 4.79 Å². The van der Waals surface area contributed by atoms with Crippen molar-refractivity contribution < 1.29 is 23.1 Å². The van der Waals surface area contributed by atoms with Gasteiger partial charge in [-0.1, -0.05) is 6.07 Å². The molecule has 0 aliphatic carbocycles. The highest BCUT2D eigenvalue weighted by molar-refractivity contribution is 7.14. The zero-order valence-electron chi connectivity index (χ0n) is 14.4. The van der Waals surface area contributed by atoms with E-state index in [-0.39, 0.29) is 23.6 Å². The summed E-state index contributed by atoms with van der Waals surface area (Å²) in [6.07, 6.45) is 1.37. The molecular formula is C18H19F2N3O3S. The number of piperidine rings is 1. The molecule has 1 aliphatic heterocycles. The van der Waals surface area contributed by atoms with Gasteiger partial charge in [0.05, 0.1) is 10.9 Å². The molecule has 1 aliphatic rings. The number of carbonyl (C=O) groups is 2. The van der Waals surface area contributed by atoms with Gasteiger partial charge in [-0.15, -0.1) is 11.3 Å². The predicted molar refractivity (Wildman–Crippen MR) is 99.3 cm³/mol. The molecule has 9 heteroatoms. The van der Waals surface area contributed by atoms with Gasteiger partial charge >= 0.3 is 12.6 Å². The van der Waals surface area contributed by atoms with E-state index in [0.717, 1.165) is 5.00 Å². The predicted octanol–water partition coefficient (Wildman–Crippen LogP) is 4.23. The van der Waals surface area contributed by atoms with E-state index in [9.17, 15) is 18.4 Å².